The van der Waals surface area contributed by atoms with Gasteiger partial charge in [0.2, 0.25) is 0 Å². The van der Waals surface area contributed by atoms with Gasteiger partial charge in [-0.25, -0.2) is 8.78 Å². The van der Waals surface area contributed by atoms with E-state index in [-0.39, 0.29) is 17.4 Å². The second-order valence-electron chi connectivity index (χ2n) is 6.29. The molecule has 1 N–H and O–H groups in total. The topological polar surface area (TPSA) is 20.2 Å². The Balaban J connectivity index is 2.49. The van der Waals surface area contributed by atoms with Crippen molar-refractivity contribution in [1.82, 2.24) is 0 Å². The molecule has 3 heteroatoms. The summed E-state index contributed by atoms with van der Waals surface area (Å²) < 4.78 is 27.5. The van der Waals surface area contributed by atoms with Crippen LogP contribution in [0.1, 0.15) is 45.6 Å². The minimum absolute atomic E-state index is 0.0278. The SMILES string of the molecule is CC1CCC(C(C)C)C(O)(c2cc(F)ccc2F)C1. The summed E-state index contributed by atoms with van der Waals surface area (Å²) in [6, 6.07) is 3.36. The van der Waals surface area contributed by atoms with Gasteiger partial charge in [-0.05, 0) is 48.8 Å². The van der Waals surface area contributed by atoms with Crippen LogP contribution in [0.4, 0.5) is 8.78 Å². The fourth-order valence-corrected chi connectivity index (χ4v) is 3.51. The van der Waals surface area contributed by atoms with Crippen molar-refractivity contribution in [3.63, 3.8) is 0 Å². The summed E-state index contributed by atoms with van der Waals surface area (Å²) in [6.07, 6.45) is 2.38. The van der Waals surface area contributed by atoms with Gasteiger partial charge in [-0.3, -0.25) is 0 Å². The van der Waals surface area contributed by atoms with Crippen molar-refractivity contribution in [2.75, 3.05) is 0 Å². The summed E-state index contributed by atoms with van der Waals surface area (Å²) in [5.41, 5.74) is -1.13. The lowest BCUT2D eigenvalue weighted by molar-refractivity contribution is -0.0889. The van der Waals surface area contributed by atoms with Crippen molar-refractivity contribution in [1.29, 1.82) is 0 Å². The van der Waals surface area contributed by atoms with Gasteiger partial charge in [0.1, 0.15) is 11.6 Å². The van der Waals surface area contributed by atoms with Crippen LogP contribution in [-0.4, -0.2) is 5.11 Å². The van der Waals surface area contributed by atoms with E-state index in [0.29, 0.717) is 12.3 Å². The maximum absolute atomic E-state index is 14.0. The van der Waals surface area contributed by atoms with Crippen molar-refractivity contribution in [2.45, 2.75) is 45.6 Å². The molecule has 1 aromatic carbocycles. The van der Waals surface area contributed by atoms with E-state index >= 15 is 0 Å². The molecule has 1 aliphatic carbocycles. The fraction of sp³-hybridized carbons (Fsp3) is 0.625. The third-order valence-corrected chi connectivity index (χ3v) is 4.44. The summed E-state index contributed by atoms with van der Waals surface area (Å²) in [6.45, 7) is 6.12. The van der Waals surface area contributed by atoms with Crippen LogP contribution in [0.15, 0.2) is 18.2 Å². The van der Waals surface area contributed by atoms with Crippen molar-refractivity contribution < 1.29 is 13.9 Å². The molecule has 0 amide bonds. The van der Waals surface area contributed by atoms with Gasteiger partial charge >= 0.3 is 0 Å². The number of rotatable bonds is 2. The van der Waals surface area contributed by atoms with E-state index in [9.17, 15) is 13.9 Å². The zero-order valence-electron chi connectivity index (χ0n) is 11.8. The molecule has 0 aromatic heterocycles. The first kappa shape index (κ1) is 14.4. The monoisotopic (exact) mass is 268 g/mol. The van der Waals surface area contributed by atoms with Crippen LogP contribution >= 0.6 is 0 Å². The Morgan fingerprint density at radius 3 is 2.58 bits per heavy atom. The van der Waals surface area contributed by atoms with Crippen LogP contribution in [0.5, 0.6) is 0 Å². The van der Waals surface area contributed by atoms with Crippen LogP contribution in [0, 0.1) is 29.4 Å². The van der Waals surface area contributed by atoms with Gasteiger partial charge in [-0.1, -0.05) is 27.2 Å². The van der Waals surface area contributed by atoms with E-state index in [4.69, 9.17) is 0 Å². The quantitative estimate of drug-likeness (QED) is 0.850. The molecule has 0 saturated heterocycles. The van der Waals surface area contributed by atoms with E-state index < -0.39 is 17.2 Å². The Morgan fingerprint density at radius 1 is 1.26 bits per heavy atom. The minimum Gasteiger partial charge on any atom is -0.385 e. The number of benzene rings is 1. The van der Waals surface area contributed by atoms with Gasteiger partial charge in [0.15, 0.2) is 0 Å². The van der Waals surface area contributed by atoms with E-state index in [0.717, 1.165) is 31.0 Å². The molecule has 3 unspecified atom stereocenters. The average Bonchev–Trinajstić information content (AvgIpc) is 2.31. The van der Waals surface area contributed by atoms with Crippen molar-refractivity contribution in [2.24, 2.45) is 17.8 Å². The molecule has 1 fully saturated rings. The average molecular weight is 268 g/mol. The summed E-state index contributed by atoms with van der Waals surface area (Å²) in [5.74, 6) is -0.475. The molecule has 1 saturated carbocycles. The fourth-order valence-electron chi connectivity index (χ4n) is 3.51. The molecular formula is C16H22F2O. The molecule has 1 aliphatic rings. The maximum atomic E-state index is 14.0. The van der Waals surface area contributed by atoms with Crippen molar-refractivity contribution in [3.8, 4) is 0 Å². The third kappa shape index (κ3) is 2.66. The van der Waals surface area contributed by atoms with Gasteiger partial charge in [-0.15, -0.1) is 0 Å². The van der Waals surface area contributed by atoms with Crippen LogP contribution in [0.3, 0.4) is 0 Å². The number of halogens is 2. The molecule has 2 rings (SSSR count). The Hall–Kier alpha value is -0.960. The summed E-state index contributed by atoms with van der Waals surface area (Å²) in [5, 5.41) is 11.0. The molecule has 1 aromatic rings. The van der Waals surface area contributed by atoms with Gasteiger partial charge in [0.25, 0.3) is 0 Å². The second-order valence-corrected chi connectivity index (χ2v) is 6.29. The van der Waals surface area contributed by atoms with Gasteiger partial charge < -0.3 is 5.11 Å². The molecule has 0 heterocycles. The highest BCUT2D eigenvalue weighted by atomic mass is 19.1. The molecule has 0 radical (unpaired) electrons. The van der Waals surface area contributed by atoms with Crippen LogP contribution < -0.4 is 0 Å². The summed E-state index contributed by atoms with van der Waals surface area (Å²) in [7, 11) is 0. The molecule has 1 nitrogen and oxygen atoms in total. The van der Waals surface area contributed by atoms with E-state index in [1.165, 1.54) is 0 Å². The van der Waals surface area contributed by atoms with Crippen molar-refractivity contribution in [3.05, 3.63) is 35.4 Å². The molecule has 3 atom stereocenters. The lowest BCUT2D eigenvalue weighted by Crippen LogP contribution is -2.43. The minimum atomic E-state index is -1.25. The normalized spacial score (nSPS) is 31.7. The standard InChI is InChI=1S/C16H22F2O/c1-10(2)13-6-4-11(3)9-16(13,19)14-8-12(17)5-7-15(14)18/h5,7-8,10-11,13,19H,4,6,9H2,1-3H3. The first-order valence-electron chi connectivity index (χ1n) is 7.02. The summed E-state index contributed by atoms with van der Waals surface area (Å²) in [4.78, 5) is 0. The predicted octanol–water partition coefficient (Wildman–Crippen LogP) is 4.24. The Bertz CT molecular complexity index is 458. The Kier molecular flexibility index (Phi) is 3.95. The Morgan fingerprint density at radius 2 is 1.95 bits per heavy atom. The highest BCUT2D eigenvalue weighted by Crippen LogP contribution is 2.47. The molecule has 0 spiro atoms. The molecule has 19 heavy (non-hydrogen) atoms. The molecule has 0 aliphatic heterocycles. The third-order valence-electron chi connectivity index (χ3n) is 4.44. The molecule has 106 valence electrons. The van der Waals surface area contributed by atoms with E-state index in [1.807, 2.05) is 13.8 Å². The molecular weight excluding hydrogens is 246 g/mol. The predicted molar refractivity (Wildman–Crippen MR) is 71.6 cm³/mol. The van der Waals surface area contributed by atoms with Gasteiger partial charge in [0.05, 0.1) is 5.60 Å². The van der Waals surface area contributed by atoms with E-state index in [1.54, 1.807) is 0 Å². The maximum Gasteiger partial charge on any atom is 0.129 e. The van der Waals surface area contributed by atoms with Crippen LogP contribution in [0.25, 0.3) is 0 Å². The smallest absolute Gasteiger partial charge is 0.129 e. The van der Waals surface area contributed by atoms with Gasteiger partial charge in [0, 0.05) is 5.56 Å². The number of hydrogen-bond donors (Lipinski definition) is 1. The Labute approximate surface area is 113 Å². The lowest BCUT2D eigenvalue weighted by Gasteiger charge is -2.45. The molecule has 0 bridgehead atoms. The zero-order chi connectivity index (χ0) is 14.2. The highest BCUT2D eigenvalue weighted by molar-refractivity contribution is 5.27. The second kappa shape index (κ2) is 5.20. The van der Waals surface area contributed by atoms with Crippen molar-refractivity contribution >= 4 is 0 Å². The van der Waals surface area contributed by atoms with E-state index in [2.05, 4.69) is 6.92 Å². The number of aliphatic hydroxyl groups is 1. The summed E-state index contributed by atoms with van der Waals surface area (Å²) >= 11 is 0. The number of hydrogen-bond acceptors (Lipinski definition) is 1. The largest absolute Gasteiger partial charge is 0.385 e. The van der Waals surface area contributed by atoms with Crippen LogP contribution in [0.2, 0.25) is 0 Å². The first-order valence-corrected chi connectivity index (χ1v) is 7.02. The first-order chi connectivity index (χ1) is 8.84. The zero-order valence-corrected chi connectivity index (χ0v) is 11.8. The van der Waals surface area contributed by atoms with Crippen LogP contribution in [-0.2, 0) is 5.60 Å². The highest BCUT2D eigenvalue weighted by Gasteiger charge is 2.45. The lowest BCUT2D eigenvalue weighted by atomic mass is 9.64. The van der Waals surface area contributed by atoms with Gasteiger partial charge in [-0.2, -0.15) is 0 Å².